The van der Waals surface area contributed by atoms with Crippen molar-refractivity contribution in [2.45, 2.75) is 6.61 Å². The van der Waals surface area contributed by atoms with Crippen molar-refractivity contribution in [3.8, 4) is 0 Å². The van der Waals surface area contributed by atoms with Gasteiger partial charge in [-0.1, -0.05) is 30.3 Å². The topological polar surface area (TPSA) is 32.3 Å². The van der Waals surface area contributed by atoms with Gasteiger partial charge < -0.3 is 4.52 Å². The summed E-state index contributed by atoms with van der Waals surface area (Å²) in [6.45, 7) is 4.06. The second kappa shape index (κ2) is 3.97. The lowest BCUT2D eigenvalue weighted by Gasteiger charge is -2.19. The Balaban J connectivity index is 1.66. The fourth-order valence-corrected chi connectivity index (χ4v) is 3.86. The predicted octanol–water partition coefficient (Wildman–Crippen LogP) is 1.94. The van der Waals surface area contributed by atoms with Crippen LogP contribution in [0.1, 0.15) is 5.56 Å². The Morgan fingerprint density at radius 1 is 1.06 bits per heavy atom. The molecule has 2 aliphatic rings. The normalized spacial score (nSPS) is 21.0. The summed E-state index contributed by atoms with van der Waals surface area (Å²) in [4.78, 5) is 0. The van der Waals surface area contributed by atoms with E-state index in [2.05, 4.69) is 0 Å². The summed E-state index contributed by atoms with van der Waals surface area (Å²) in [5, 5.41) is 0. The monoisotopic (exact) mass is 238 g/mol. The number of nitrogens with zero attached hydrogens (tertiary/aromatic N) is 2. The minimum Gasteiger partial charge on any atom is -0.301 e. The third-order valence-corrected chi connectivity index (χ3v) is 5.50. The molecule has 0 spiro atoms. The van der Waals surface area contributed by atoms with E-state index in [4.69, 9.17) is 4.52 Å². The Morgan fingerprint density at radius 3 is 2.12 bits per heavy atom. The average Bonchev–Trinajstić information content (AvgIpc) is 3.20. The van der Waals surface area contributed by atoms with E-state index in [1.54, 1.807) is 0 Å². The van der Waals surface area contributed by atoms with E-state index in [9.17, 15) is 4.57 Å². The van der Waals surface area contributed by atoms with E-state index in [1.165, 1.54) is 0 Å². The zero-order valence-electron chi connectivity index (χ0n) is 9.08. The summed E-state index contributed by atoms with van der Waals surface area (Å²) < 4.78 is 22.1. The number of hydrogen-bond donors (Lipinski definition) is 0. The van der Waals surface area contributed by atoms with Crippen LogP contribution < -0.4 is 0 Å². The molecule has 2 aliphatic heterocycles. The molecule has 0 aromatic heterocycles. The predicted molar refractivity (Wildman–Crippen MR) is 62.0 cm³/mol. The van der Waals surface area contributed by atoms with Gasteiger partial charge in [-0.15, -0.1) is 0 Å². The molecule has 1 aromatic rings. The number of rotatable bonds is 5. The molecular formula is C11H15N2O2P. The van der Waals surface area contributed by atoms with Crippen molar-refractivity contribution in [3.05, 3.63) is 35.9 Å². The van der Waals surface area contributed by atoms with Crippen LogP contribution in [0.25, 0.3) is 0 Å². The first kappa shape index (κ1) is 10.5. The average molecular weight is 238 g/mol. The maximum absolute atomic E-state index is 12.5. The van der Waals surface area contributed by atoms with Gasteiger partial charge in [-0.2, -0.15) is 0 Å². The van der Waals surface area contributed by atoms with Crippen molar-refractivity contribution >= 4 is 7.67 Å². The lowest BCUT2D eigenvalue weighted by atomic mass is 10.2. The summed E-state index contributed by atoms with van der Waals surface area (Å²) in [5.74, 6) is 0. The van der Waals surface area contributed by atoms with Gasteiger partial charge in [-0.05, 0) is 5.56 Å². The molecule has 2 saturated heterocycles. The molecule has 0 radical (unpaired) electrons. The highest BCUT2D eigenvalue weighted by Crippen LogP contribution is 2.61. The maximum atomic E-state index is 12.5. The van der Waals surface area contributed by atoms with Crippen molar-refractivity contribution in [2.24, 2.45) is 0 Å². The Labute approximate surface area is 95.4 Å². The van der Waals surface area contributed by atoms with Gasteiger partial charge in [0.15, 0.2) is 0 Å². The Bertz CT molecular complexity index is 399. The molecule has 5 heteroatoms. The zero-order valence-corrected chi connectivity index (χ0v) is 9.97. The van der Waals surface area contributed by atoms with Crippen LogP contribution in [-0.2, 0) is 15.7 Å². The van der Waals surface area contributed by atoms with Gasteiger partial charge >= 0.3 is 7.67 Å². The third kappa shape index (κ3) is 2.06. The molecule has 0 saturated carbocycles. The van der Waals surface area contributed by atoms with E-state index in [0.29, 0.717) is 6.61 Å². The van der Waals surface area contributed by atoms with E-state index in [0.717, 1.165) is 31.7 Å². The fraction of sp³-hybridized carbons (Fsp3) is 0.455. The van der Waals surface area contributed by atoms with Crippen LogP contribution in [0.5, 0.6) is 0 Å². The molecule has 0 atom stereocenters. The van der Waals surface area contributed by atoms with Gasteiger partial charge in [-0.25, -0.2) is 9.34 Å². The molecule has 2 heterocycles. The molecule has 4 nitrogen and oxygen atoms in total. The first-order chi connectivity index (χ1) is 7.79. The Hall–Kier alpha value is -0.670. The van der Waals surface area contributed by atoms with Crippen LogP contribution in [0.4, 0.5) is 0 Å². The first-order valence-electron chi connectivity index (χ1n) is 5.58. The number of hydrogen-bond acceptors (Lipinski definition) is 2. The van der Waals surface area contributed by atoms with Crippen molar-refractivity contribution in [2.75, 3.05) is 26.2 Å². The van der Waals surface area contributed by atoms with Crippen LogP contribution in [0, 0.1) is 0 Å². The van der Waals surface area contributed by atoms with Crippen LogP contribution in [0.2, 0.25) is 0 Å². The van der Waals surface area contributed by atoms with Gasteiger partial charge in [0.1, 0.15) is 0 Å². The second-order valence-electron chi connectivity index (χ2n) is 4.16. The molecule has 0 aliphatic carbocycles. The summed E-state index contributed by atoms with van der Waals surface area (Å²) in [6.07, 6.45) is 0. The third-order valence-electron chi connectivity index (χ3n) is 2.80. The highest BCUT2D eigenvalue weighted by atomic mass is 31.2. The minimum absolute atomic E-state index is 0.436. The summed E-state index contributed by atoms with van der Waals surface area (Å²) in [6, 6.07) is 9.90. The molecule has 0 amide bonds. The molecule has 3 rings (SSSR count). The highest BCUT2D eigenvalue weighted by Gasteiger charge is 2.49. The van der Waals surface area contributed by atoms with E-state index in [1.807, 2.05) is 39.7 Å². The lowest BCUT2D eigenvalue weighted by Crippen LogP contribution is -2.07. The molecule has 0 unspecified atom stereocenters. The first-order valence-corrected chi connectivity index (χ1v) is 7.11. The molecule has 1 aromatic carbocycles. The van der Waals surface area contributed by atoms with Crippen molar-refractivity contribution in [3.63, 3.8) is 0 Å². The SMILES string of the molecule is O=P(OCc1ccccc1)(N1CC1)N1CC1. The lowest BCUT2D eigenvalue weighted by molar-refractivity contribution is 0.263. The van der Waals surface area contributed by atoms with Gasteiger partial charge in [0, 0.05) is 26.2 Å². The molecule has 86 valence electrons. The highest BCUT2D eigenvalue weighted by molar-refractivity contribution is 7.54. The van der Waals surface area contributed by atoms with E-state index >= 15 is 0 Å². The largest absolute Gasteiger partial charge is 0.346 e. The second-order valence-corrected chi connectivity index (χ2v) is 6.53. The van der Waals surface area contributed by atoms with Gasteiger partial charge in [0.25, 0.3) is 0 Å². The summed E-state index contributed by atoms with van der Waals surface area (Å²) in [5.41, 5.74) is 1.08. The quantitative estimate of drug-likeness (QED) is 0.579. The van der Waals surface area contributed by atoms with Crippen LogP contribution in [-0.4, -0.2) is 35.5 Å². The maximum Gasteiger partial charge on any atom is 0.346 e. The van der Waals surface area contributed by atoms with Gasteiger partial charge in [0.2, 0.25) is 0 Å². The van der Waals surface area contributed by atoms with E-state index < -0.39 is 7.67 Å². The van der Waals surface area contributed by atoms with Crippen LogP contribution in [0.3, 0.4) is 0 Å². The molecule has 0 N–H and O–H groups in total. The zero-order chi connectivity index (χ0) is 11.0. The molecule has 2 fully saturated rings. The van der Waals surface area contributed by atoms with Crippen molar-refractivity contribution in [1.82, 2.24) is 9.34 Å². The van der Waals surface area contributed by atoms with Crippen molar-refractivity contribution in [1.29, 1.82) is 0 Å². The van der Waals surface area contributed by atoms with E-state index in [-0.39, 0.29) is 0 Å². The van der Waals surface area contributed by atoms with Gasteiger partial charge in [0.05, 0.1) is 6.61 Å². The standard InChI is InChI=1S/C11H15N2O2P/c14-16(12-6-7-12,13-8-9-13)15-10-11-4-2-1-3-5-11/h1-5H,6-10H2. The Morgan fingerprint density at radius 2 is 1.62 bits per heavy atom. The van der Waals surface area contributed by atoms with Gasteiger partial charge in [-0.3, -0.25) is 4.57 Å². The van der Waals surface area contributed by atoms with Crippen LogP contribution >= 0.6 is 7.67 Å². The molecule has 0 bridgehead atoms. The Kier molecular flexibility index (Phi) is 2.60. The molecular weight excluding hydrogens is 223 g/mol. The minimum atomic E-state index is -2.64. The summed E-state index contributed by atoms with van der Waals surface area (Å²) >= 11 is 0. The van der Waals surface area contributed by atoms with Crippen molar-refractivity contribution < 1.29 is 9.09 Å². The fourth-order valence-electron chi connectivity index (χ4n) is 1.67. The summed E-state index contributed by atoms with van der Waals surface area (Å²) in [7, 11) is -2.64. The number of benzene rings is 1. The molecule has 16 heavy (non-hydrogen) atoms. The smallest absolute Gasteiger partial charge is 0.301 e. The van der Waals surface area contributed by atoms with Crippen LogP contribution in [0.15, 0.2) is 30.3 Å².